The highest BCUT2D eigenvalue weighted by Crippen LogP contribution is 2.37. The second kappa shape index (κ2) is 6.89. The molecule has 1 fully saturated rings. The first-order valence-electron chi connectivity index (χ1n) is 9.03. The first-order valence-corrected chi connectivity index (χ1v) is 10.5. The van der Waals surface area contributed by atoms with E-state index in [2.05, 4.69) is 4.98 Å². The lowest BCUT2D eigenvalue weighted by atomic mass is 10.0. The second-order valence-electron chi connectivity index (χ2n) is 7.05. The van der Waals surface area contributed by atoms with Gasteiger partial charge in [0.1, 0.15) is 22.2 Å². The number of hydrogen-bond acceptors (Lipinski definition) is 4. The number of piperidine rings is 1. The van der Waals surface area contributed by atoms with Crippen LogP contribution in [0, 0.1) is 11.6 Å². The van der Waals surface area contributed by atoms with Gasteiger partial charge in [-0.1, -0.05) is 12.1 Å². The maximum atomic E-state index is 14.0. The van der Waals surface area contributed by atoms with E-state index in [1.54, 1.807) is 4.90 Å². The van der Waals surface area contributed by atoms with E-state index < -0.39 is 21.7 Å². The number of aromatic nitrogens is 1. The Morgan fingerprint density at radius 3 is 2.50 bits per heavy atom. The predicted molar refractivity (Wildman–Crippen MR) is 97.0 cm³/mol. The Labute approximate surface area is 161 Å². The third-order valence-electron chi connectivity index (χ3n) is 5.46. The normalized spacial score (nSPS) is 21.2. The van der Waals surface area contributed by atoms with E-state index in [1.807, 2.05) is 6.92 Å². The fraction of sp³-hybridized carbons (Fsp3) is 0.368. The summed E-state index contributed by atoms with van der Waals surface area (Å²) in [4.78, 5) is 18.0. The van der Waals surface area contributed by atoms with E-state index in [0.29, 0.717) is 18.4 Å². The minimum Gasteiger partial charge on any atom is -0.327 e. The molecule has 1 aromatic heterocycles. The number of rotatable bonds is 3. The van der Waals surface area contributed by atoms with E-state index in [-0.39, 0.29) is 41.7 Å². The van der Waals surface area contributed by atoms with Gasteiger partial charge in [0.2, 0.25) is 10.0 Å². The fourth-order valence-corrected chi connectivity index (χ4v) is 5.57. The second-order valence-corrected chi connectivity index (χ2v) is 8.95. The maximum absolute atomic E-state index is 14.0. The molecule has 0 saturated carbocycles. The molecule has 1 amide bonds. The number of pyridine rings is 1. The van der Waals surface area contributed by atoms with Gasteiger partial charge < -0.3 is 4.90 Å². The molecule has 3 heterocycles. The largest absolute Gasteiger partial charge is 0.327 e. The summed E-state index contributed by atoms with van der Waals surface area (Å²) in [6, 6.07) is 6.10. The fourth-order valence-electron chi connectivity index (χ4n) is 4.04. The minimum absolute atomic E-state index is 0.177. The first-order chi connectivity index (χ1) is 13.3. The number of carbonyl (C=O) groups is 1. The first kappa shape index (κ1) is 18.9. The highest BCUT2D eigenvalue weighted by molar-refractivity contribution is 7.89. The molecule has 148 valence electrons. The van der Waals surface area contributed by atoms with Crippen molar-refractivity contribution in [3.05, 3.63) is 59.4 Å². The molecule has 1 aromatic carbocycles. The van der Waals surface area contributed by atoms with Gasteiger partial charge in [-0.25, -0.2) is 22.2 Å². The Balaban J connectivity index is 1.51. The van der Waals surface area contributed by atoms with Crippen molar-refractivity contribution in [2.24, 2.45) is 0 Å². The van der Waals surface area contributed by atoms with Crippen LogP contribution in [-0.4, -0.2) is 47.6 Å². The predicted octanol–water partition coefficient (Wildman–Crippen LogP) is 2.73. The number of nitrogens with zero attached hydrogens (tertiary/aromatic N) is 3. The average Bonchev–Trinajstić information content (AvgIpc) is 2.92. The zero-order valence-corrected chi connectivity index (χ0v) is 16.0. The smallest absolute Gasteiger partial charge is 0.273 e. The van der Waals surface area contributed by atoms with E-state index in [4.69, 9.17) is 0 Å². The SMILES string of the molecule is CC1c2cc(F)cnc2C(=O)N1C1CCN(S(=O)(=O)c2ccccc2F)CC1. The van der Waals surface area contributed by atoms with Crippen molar-refractivity contribution in [1.82, 2.24) is 14.2 Å². The average molecular weight is 407 g/mol. The molecular formula is C19H19F2N3O3S. The van der Waals surface area contributed by atoms with Crippen LogP contribution in [0.15, 0.2) is 41.4 Å². The van der Waals surface area contributed by atoms with Crippen LogP contribution < -0.4 is 0 Å². The number of amides is 1. The van der Waals surface area contributed by atoms with Crippen molar-refractivity contribution in [3.63, 3.8) is 0 Å². The number of benzene rings is 1. The van der Waals surface area contributed by atoms with Gasteiger partial charge >= 0.3 is 0 Å². The van der Waals surface area contributed by atoms with Gasteiger partial charge in [0.15, 0.2) is 0 Å². The Bertz CT molecular complexity index is 1040. The van der Waals surface area contributed by atoms with Gasteiger partial charge in [0, 0.05) is 24.7 Å². The standard InChI is InChI=1S/C19H19F2N3O3S/c1-12-15-10-13(20)11-22-18(15)19(25)24(12)14-6-8-23(9-7-14)28(26,27)17-5-3-2-4-16(17)21/h2-5,10-12,14H,6-9H2,1H3. The summed E-state index contributed by atoms with van der Waals surface area (Å²) in [7, 11) is -3.93. The van der Waals surface area contributed by atoms with Gasteiger partial charge in [-0.15, -0.1) is 0 Å². The third kappa shape index (κ3) is 2.98. The summed E-state index contributed by atoms with van der Waals surface area (Å²) in [6.07, 6.45) is 1.86. The molecule has 4 rings (SSSR count). The lowest BCUT2D eigenvalue weighted by molar-refractivity contribution is 0.0568. The van der Waals surface area contributed by atoms with Gasteiger partial charge in [-0.2, -0.15) is 4.31 Å². The summed E-state index contributed by atoms with van der Waals surface area (Å²) in [6.45, 7) is 2.17. The summed E-state index contributed by atoms with van der Waals surface area (Å²) in [5.41, 5.74) is 0.793. The van der Waals surface area contributed by atoms with E-state index in [0.717, 1.165) is 12.3 Å². The molecule has 1 atom stereocenters. The van der Waals surface area contributed by atoms with Crippen molar-refractivity contribution in [3.8, 4) is 0 Å². The Morgan fingerprint density at radius 1 is 1.14 bits per heavy atom. The minimum atomic E-state index is -3.93. The van der Waals surface area contributed by atoms with Crippen molar-refractivity contribution in [1.29, 1.82) is 0 Å². The number of fused-ring (bicyclic) bond motifs is 1. The molecule has 1 unspecified atom stereocenters. The molecule has 6 nitrogen and oxygen atoms in total. The third-order valence-corrected chi connectivity index (χ3v) is 7.39. The lowest BCUT2D eigenvalue weighted by Crippen LogP contribution is -2.47. The van der Waals surface area contributed by atoms with Crippen molar-refractivity contribution >= 4 is 15.9 Å². The van der Waals surface area contributed by atoms with E-state index in [1.165, 1.54) is 28.6 Å². The van der Waals surface area contributed by atoms with Crippen LogP contribution in [0.2, 0.25) is 0 Å². The molecule has 28 heavy (non-hydrogen) atoms. The Hall–Kier alpha value is -2.39. The summed E-state index contributed by atoms with van der Waals surface area (Å²) in [5.74, 6) is -1.54. The molecular weight excluding hydrogens is 388 g/mol. The zero-order chi connectivity index (χ0) is 20.1. The number of carbonyl (C=O) groups excluding carboxylic acids is 1. The van der Waals surface area contributed by atoms with Gasteiger partial charge in [0.25, 0.3) is 5.91 Å². The van der Waals surface area contributed by atoms with Gasteiger partial charge in [0.05, 0.1) is 12.2 Å². The number of hydrogen-bond donors (Lipinski definition) is 0. The zero-order valence-electron chi connectivity index (χ0n) is 15.2. The topological polar surface area (TPSA) is 70.6 Å². The van der Waals surface area contributed by atoms with Gasteiger partial charge in [-0.05, 0) is 38.0 Å². The quantitative estimate of drug-likeness (QED) is 0.785. The van der Waals surface area contributed by atoms with Crippen molar-refractivity contribution in [2.45, 2.75) is 36.7 Å². The van der Waals surface area contributed by atoms with Crippen molar-refractivity contribution < 1.29 is 22.0 Å². The van der Waals surface area contributed by atoms with Crippen LogP contribution in [0.5, 0.6) is 0 Å². The van der Waals surface area contributed by atoms with E-state index >= 15 is 0 Å². The highest BCUT2D eigenvalue weighted by Gasteiger charge is 2.42. The molecule has 2 aromatic rings. The van der Waals surface area contributed by atoms with Crippen LogP contribution in [-0.2, 0) is 10.0 Å². The number of sulfonamides is 1. The van der Waals surface area contributed by atoms with Crippen LogP contribution in [0.4, 0.5) is 8.78 Å². The molecule has 0 N–H and O–H groups in total. The monoisotopic (exact) mass is 407 g/mol. The molecule has 0 bridgehead atoms. The van der Waals surface area contributed by atoms with E-state index in [9.17, 15) is 22.0 Å². The van der Waals surface area contributed by atoms with Gasteiger partial charge in [-0.3, -0.25) is 4.79 Å². The van der Waals surface area contributed by atoms with Crippen LogP contribution in [0.1, 0.15) is 41.9 Å². The summed E-state index contributed by atoms with van der Waals surface area (Å²) >= 11 is 0. The molecule has 9 heteroatoms. The molecule has 0 spiro atoms. The Kier molecular flexibility index (Phi) is 4.67. The molecule has 0 aliphatic carbocycles. The summed E-state index contributed by atoms with van der Waals surface area (Å²) in [5, 5.41) is 0. The maximum Gasteiger partial charge on any atom is 0.273 e. The molecule has 2 aliphatic rings. The Morgan fingerprint density at radius 2 is 1.82 bits per heavy atom. The van der Waals surface area contributed by atoms with Crippen molar-refractivity contribution in [2.75, 3.05) is 13.1 Å². The molecule has 1 saturated heterocycles. The highest BCUT2D eigenvalue weighted by atomic mass is 32.2. The molecule has 0 radical (unpaired) electrons. The lowest BCUT2D eigenvalue weighted by Gasteiger charge is -2.38. The number of halogens is 2. The van der Waals surface area contributed by atoms with Crippen LogP contribution >= 0.6 is 0 Å². The molecule has 2 aliphatic heterocycles. The summed E-state index contributed by atoms with van der Waals surface area (Å²) < 4.78 is 54.2. The van der Waals surface area contributed by atoms with Crippen LogP contribution in [0.25, 0.3) is 0 Å². The van der Waals surface area contributed by atoms with Crippen LogP contribution in [0.3, 0.4) is 0 Å².